The summed E-state index contributed by atoms with van der Waals surface area (Å²) < 4.78 is 5.78. The predicted octanol–water partition coefficient (Wildman–Crippen LogP) is 2.83. The largest absolute Gasteiger partial charge is 0.493 e. The molecule has 1 unspecified atom stereocenters. The first kappa shape index (κ1) is 10.2. The number of ether oxygens (including phenoxy) is 1. The Morgan fingerprint density at radius 1 is 1.19 bits per heavy atom. The van der Waals surface area contributed by atoms with Crippen LogP contribution in [0.5, 0.6) is 5.75 Å². The summed E-state index contributed by atoms with van der Waals surface area (Å²) in [5.74, 6) is 1.17. The molecule has 1 fully saturated rings. The Balaban J connectivity index is 1.90. The van der Waals surface area contributed by atoms with Gasteiger partial charge >= 0.3 is 0 Å². The molecule has 0 bridgehead atoms. The van der Waals surface area contributed by atoms with Crippen LogP contribution in [0, 0.1) is 0 Å². The van der Waals surface area contributed by atoms with Crippen molar-refractivity contribution in [3.63, 3.8) is 0 Å². The van der Waals surface area contributed by atoms with Gasteiger partial charge in [0.15, 0.2) is 0 Å². The number of nitrogens with one attached hydrogen (secondary N) is 1. The number of para-hydroxylation sites is 1. The maximum atomic E-state index is 5.78. The average molecular weight is 217 g/mol. The molecule has 1 N–H and O–H groups in total. The maximum absolute atomic E-state index is 5.78. The van der Waals surface area contributed by atoms with Gasteiger partial charge in [0.25, 0.3) is 0 Å². The highest BCUT2D eigenvalue weighted by molar-refractivity contribution is 5.45. The Hall–Kier alpha value is -1.02. The van der Waals surface area contributed by atoms with E-state index >= 15 is 0 Å². The molecule has 1 aromatic rings. The molecule has 2 heterocycles. The predicted molar refractivity (Wildman–Crippen MR) is 64.9 cm³/mol. The van der Waals surface area contributed by atoms with E-state index in [2.05, 4.69) is 23.5 Å². The Kier molecular flexibility index (Phi) is 2.83. The second kappa shape index (κ2) is 4.46. The number of rotatable bonds is 1. The van der Waals surface area contributed by atoms with Gasteiger partial charge in [-0.1, -0.05) is 31.0 Å². The quantitative estimate of drug-likeness (QED) is 0.781. The molecule has 0 aromatic heterocycles. The molecule has 2 nitrogen and oxygen atoms in total. The molecular formula is C14H19NO. The minimum absolute atomic E-state index is 0.510. The van der Waals surface area contributed by atoms with Gasteiger partial charge in [-0.3, -0.25) is 0 Å². The van der Waals surface area contributed by atoms with Crippen LogP contribution < -0.4 is 10.1 Å². The van der Waals surface area contributed by atoms with Crippen molar-refractivity contribution in [3.8, 4) is 5.75 Å². The van der Waals surface area contributed by atoms with E-state index in [-0.39, 0.29) is 0 Å². The van der Waals surface area contributed by atoms with E-state index in [0.29, 0.717) is 6.04 Å². The van der Waals surface area contributed by atoms with Crippen LogP contribution in [0.2, 0.25) is 0 Å². The smallest absolute Gasteiger partial charge is 0.127 e. The monoisotopic (exact) mass is 217 g/mol. The van der Waals surface area contributed by atoms with Gasteiger partial charge in [0.1, 0.15) is 5.75 Å². The van der Waals surface area contributed by atoms with E-state index in [1.807, 2.05) is 0 Å². The van der Waals surface area contributed by atoms with Gasteiger partial charge in [0.2, 0.25) is 0 Å². The lowest BCUT2D eigenvalue weighted by atomic mass is 9.98. The molecule has 1 aromatic carbocycles. The molecule has 0 amide bonds. The van der Waals surface area contributed by atoms with E-state index in [1.54, 1.807) is 0 Å². The van der Waals surface area contributed by atoms with Crippen molar-refractivity contribution >= 4 is 0 Å². The minimum Gasteiger partial charge on any atom is -0.493 e. The summed E-state index contributed by atoms with van der Waals surface area (Å²) in [6.07, 6.45) is 6.34. The molecule has 0 spiro atoms. The van der Waals surface area contributed by atoms with Crippen molar-refractivity contribution in [1.82, 2.24) is 5.32 Å². The summed E-state index contributed by atoms with van der Waals surface area (Å²) in [5.41, 5.74) is 2.78. The first-order valence-corrected chi connectivity index (χ1v) is 6.43. The molecular weight excluding hydrogens is 198 g/mol. The molecule has 2 aliphatic rings. The Morgan fingerprint density at radius 2 is 2.19 bits per heavy atom. The lowest BCUT2D eigenvalue weighted by Gasteiger charge is -2.18. The van der Waals surface area contributed by atoms with Crippen molar-refractivity contribution in [1.29, 1.82) is 0 Å². The molecule has 2 heteroatoms. The minimum atomic E-state index is 0.510. The van der Waals surface area contributed by atoms with Crippen LogP contribution >= 0.6 is 0 Å². The highest BCUT2D eigenvalue weighted by atomic mass is 16.5. The average Bonchev–Trinajstić information content (AvgIpc) is 2.63. The first-order chi connectivity index (χ1) is 7.95. The van der Waals surface area contributed by atoms with E-state index in [4.69, 9.17) is 4.74 Å². The Labute approximate surface area is 97.0 Å². The fraction of sp³-hybridized carbons (Fsp3) is 0.571. The van der Waals surface area contributed by atoms with Crippen LogP contribution in [0.15, 0.2) is 18.2 Å². The van der Waals surface area contributed by atoms with Crippen molar-refractivity contribution in [3.05, 3.63) is 29.3 Å². The van der Waals surface area contributed by atoms with Gasteiger partial charge in [0.05, 0.1) is 6.61 Å². The molecule has 1 saturated heterocycles. The zero-order valence-electron chi connectivity index (χ0n) is 9.67. The zero-order chi connectivity index (χ0) is 10.8. The van der Waals surface area contributed by atoms with E-state index in [0.717, 1.165) is 19.6 Å². The molecule has 3 rings (SSSR count). The maximum Gasteiger partial charge on any atom is 0.127 e. The fourth-order valence-corrected chi connectivity index (χ4v) is 2.81. The van der Waals surface area contributed by atoms with Crippen LogP contribution in [0.4, 0.5) is 0 Å². The van der Waals surface area contributed by atoms with Gasteiger partial charge in [-0.05, 0) is 24.9 Å². The summed E-state index contributed by atoms with van der Waals surface area (Å²) in [6.45, 7) is 2.01. The summed E-state index contributed by atoms with van der Waals surface area (Å²) in [7, 11) is 0. The number of fused-ring (bicyclic) bond motifs is 1. The fourth-order valence-electron chi connectivity index (χ4n) is 2.81. The summed E-state index contributed by atoms with van der Waals surface area (Å²) in [4.78, 5) is 0. The highest BCUT2D eigenvalue weighted by Gasteiger charge is 2.22. The number of benzene rings is 1. The summed E-state index contributed by atoms with van der Waals surface area (Å²) in [5, 5.41) is 3.65. The molecule has 16 heavy (non-hydrogen) atoms. The second-order valence-corrected chi connectivity index (χ2v) is 4.79. The molecule has 2 aliphatic heterocycles. The third-order valence-electron chi connectivity index (χ3n) is 3.68. The second-order valence-electron chi connectivity index (χ2n) is 4.79. The van der Waals surface area contributed by atoms with E-state index in [1.165, 1.54) is 42.6 Å². The molecule has 1 atom stereocenters. The SMILES string of the molecule is c1cc2c(c(C3CCCCCN3)c1)OCC2. The lowest BCUT2D eigenvalue weighted by molar-refractivity contribution is 0.347. The van der Waals surface area contributed by atoms with Crippen LogP contribution in [-0.2, 0) is 6.42 Å². The third kappa shape index (κ3) is 1.82. The normalized spacial score (nSPS) is 24.6. The van der Waals surface area contributed by atoms with Gasteiger partial charge in [0, 0.05) is 18.0 Å². The van der Waals surface area contributed by atoms with E-state index < -0.39 is 0 Å². The first-order valence-electron chi connectivity index (χ1n) is 6.43. The van der Waals surface area contributed by atoms with Gasteiger partial charge in [-0.15, -0.1) is 0 Å². The van der Waals surface area contributed by atoms with Crippen LogP contribution in [0.25, 0.3) is 0 Å². The topological polar surface area (TPSA) is 21.3 Å². The third-order valence-corrected chi connectivity index (χ3v) is 3.68. The van der Waals surface area contributed by atoms with Crippen LogP contribution in [-0.4, -0.2) is 13.2 Å². The van der Waals surface area contributed by atoms with Crippen LogP contribution in [0.1, 0.15) is 42.9 Å². The number of hydrogen-bond donors (Lipinski definition) is 1. The lowest BCUT2D eigenvalue weighted by Crippen LogP contribution is -2.20. The van der Waals surface area contributed by atoms with Crippen molar-refractivity contribution in [2.24, 2.45) is 0 Å². The molecule has 0 aliphatic carbocycles. The standard InChI is InChI=1S/C14H19NO/c1-2-7-13(15-9-3-1)12-6-4-5-11-8-10-16-14(11)12/h4-6,13,15H,1-3,7-10H2. The van der Waals surface area contributed by atoms with Crippen molar-refractivity contribution in [2.45, 2.75) is 38.1 Å². The summed E-state index contributed by atoms with van der Waals surface area (Å²) >= 11 is 0. The Morgan fingerprint density at radius 3 is 3.19 bits per heavy atom. The van der Waals surface area contributed by atoms with Crippen LogP contribution in [0.3, 0.4) is 0 Å². The zero-order valence-corrected chi connectivity index (χ0v) is 9.67. The summed E-state index contributed by atoms with van der Waals surface area (Å²) in [6, 6.07) is 7.11. The highest BCUT2D eigenvalue weighted by Crippen LogP contribution is 2.35. The Bertz CT molecular complexity index is 367. The van der Waals surface area contributed by atoms with Gasteiger partial charge in [-0.2, -0.15) is 0 Å². The molecule has 0 radical (unpaired) electrons. The molecule has 0 saturated carbocycles. The van der Waals surface area contributed by atoms with Gasteiger partial charge in [-0.25, -0.2) is 0 Å². The van der Waals surface area contributed by atoms with Crippen molar-refractivity contribution < 1.29 is 4.74 Å². The van der Waals surface area contributed by atoms with Crippen molar-refractivity contribution in [2.75, 3.05) is 13.2 Å². The molecule has 86 valence electrons. The number of hydrogen-bond acceptors (Lipinski definition) is 2. The van der Waals surface area contributed by atoms with E-state index in [9.17, 15) is 0 Å². The van der Waals surface area contributed by atoms with Gasteiger partial charge < -0.3 is 10.1 Å².